The number of hydrogen-bond acceptors (Lipinski definition) is 5. The zero-order chi connectivity index (χ0) is 9.26. The topological polar surface area (TPSA) is 49.7 Å². The molecule has 2 rings (SSSR count). The first-order valence-electron chi connectivity index (χ1n) is 4.02. The summed E-state index contributed by atoms with van der Waals surface area (Å²) in [6.07, 6.45) is 3.62. The van der Waals surface area contributed by atoms with Crippen molar-refractivity contribution in [3.63, 3.8) is 0 Å². The molecule has 0 bridgehead atoms. The zero-order valence-corrected chi connectivity index (χ0v) is 7.71. The van der Waals surface area contributed by atoms with Crippen molar-refractivity contribution in [2.75, 3.05) is 12.3 Å². The monoisotopic (exact) mass is 196 g/mol. The van der Waals surface area contributed by atoms with Crippen LogP contribution in [0.2, 0.25) is 0 Å². The van der Waals surface area contributed by atoms with E-state index in [0.717, 1.165) is 18.7 Å². The Bertz CT molecular complexity index is 316. The van der Waals surface area contributed by atoms with Crippen LogP contribution >= 0.6 is 11.9 Å². The molecule has 4 nitrogen and oxygen atoms in total. The fourth-order valence-electron chi connectivity index (χ4n) is 1.21. The molecule has 0 aromatic carbocycles. The minimum atomic E-state index is -0.489. The highest BCUT2D eigenvalue weighted by Gasteiger charge is 2.28. The summed E-state index contributed by atoms with van der Waals surface area (Å²) < 4.78 is 1.80. The highest BCUT2D eigenvalue weighted by Crippen LogP contribution is 2.21. The van der Waals surface area contributed by atoms with Crippen LogP contribution in [0, 0.1) is 0 Å². The second-order valence-electron chi connectivity index (χ2n) is 2.75. The van der Waals surface area contributed by atoms with Gasteiger partial charge in [-0.1, -0.05) is 0 Å². The number of aliphatic imine (C=N–C) groups is 1. The van der Waals surface area contributed by atoms with E-state index in [1.54, 1.807) is 16.3 Å². The van der Waals surface area contributed by atoms with Crippen LogP contribution in [0.1, 0.15) is 6.42 Å². The van der Waals surface area contributed by atoms with E-state index in [4.69, 9.17) is 0 Å². The maximum atomic E-state index is 11.3. The number of nitrogens with zero attached hydrogens (tertiary/aromatic N) is 2. The number of hydrogen-bond donors (Lipinski definition) is 0. The summed E-state index contributed by atoms with van der Waals surface area (Å²) in [7, 11) is 0. The molecule has 5 heteroatoms. The minimum absolute atomic E-state index is 0.287. The third-order valence-electron chi connectivity index (χ3n) is 1.84. The molecule has 2 heterocycles. The molecule has 0 aromatic heterocycles. The summed E-state index contributed by atoms with van der Waals surface area (Å²) in [5.74, 6) is 0.314. The summed E-state index contributed by atoms with van der Waals surface area (Å²) >= 11 is 1.55. The molecule has 2 aliphatic heterocycles. The van der Waals surface area contributed by atoms with E-state index in [-0.39, 0.29) is 5.84 Å². The van der Waals surface area contributed by atoms with Crippen LogP contribution in [0.25, 0.3) is 0 Å². The third kappa shape index (κ3) is 1.51. The van der Waals surface area contributed by atoms with Crippen molar-refractivity contribution >= 4 is 29.4 Å². The Morgan fingerprint density at radius 1 is 1.46 bits per heavy atom. The number of ketones is 2. The molecule has 0 spiro atoms. The van der Waals surface area contributed by atoms with Crippen LogP contribution < -0.4 is 0 Å². The minimum Gasteiger partial charge on any atom is -0.297 e. The fraction of sp³-hybridized carbons (Fsp3) is 0.375. The van der Waals surface area contributed by atoms with Crippen molar-refractivity contribution in [1.29, 1.82) is 0 Å². The molecule has 0 atom stereocenters. The quantitative estimate of drug-likeness (QED) is 0.416. The van der Waals surface area contributed by atoms with Crippen molar-refractivity contribution in [3.8, 4) is 0 Å². The van der Waals surface area contributed by atoms with Crippen LogP contribution in [0.5, 0.6) is 0 Å². The first-order valence-corrected chi connectivity index (χ1v) is 4.97. The molecule has 13 heavy (non-hydrogen) atoms. The van der Waals surface area contributed by atoms with Gasteiger partial charge in [0.1, 0.15) is 0 Å². The van der Waals surface area contributed by atoms with E-state index in [1.807, 2.05) is 0 Å². The lowest BCUT2D eigenvalue weighted by Crippen LogP contribution is -2.35. The number of rotatable bonds is 0. The number of allylic oxidation sites excluding steroid dienone is 1. The number of Topliss-reactive ketones (excluding diaryl/α,β-unsaturated/α-hetero) is 1. The van der Waals surface area contributed by atoms with E-state index in [9.17, 15) is 9.59 Å². The smallest absolute Gasteiger partial charge is 0.268 e. The summed E-state index contributed by atoms with van der Waals surface area (Å²) in [5, 5.41) is 0. The molecule has 68 valence electrons. The maximum absolute atomic E-state index is 11.3. The molecule has 0 unspecified atom stereocenters. The van der Waals surface area contributed by atoms with Gasteiger partial charge in [-0.2, -0.15) is 0 Å². The van der Waals surface area contributed by atoms with Gasteiger partial charge in [-0.25, -0.2) is 4.99 Å². The Balaban J connectivity index is 2.21. The van der Waals surface area contributed by atoms with Gasteiger partial charge >= 0.3 is 0 Å². The van der Waals surface area contributed by atoms with Gasteiger partial charge in [0.25, 0.3) is 5.78 Å². The Kier molecular flexibility index (Phi) is 2.18. The second-order valence-corrected chi connectivity index (χ2v) is 3.86. The van der Waals surface area contributed by atoms with Crippen LogP contribution in [0.4, 0.5) is 0 Å². The number of amidine groups is 1. The third-order valence-corrected chi connectivity index (χ3v) is 2.98. The molecule has 0 N–H and O–H groups in total. The van der Waals surface area contributed by atoms with Gasteiger partial charge in [-0.3, -0.25) is 13.9 Å². The second kappa shape index (κ2) is 3.33. The predicted molar refractivity (Wildman–Crippen MR) is 50.4 cm³/mol. The van der Waals surface area contributed by atoms with Gasteiger partial charge in [0, 0.05) is 24.6 Å². The normalized spacial score (nSPS) is 22.5. The molecule has 0 saturated carbocycles. The van der Waals surface area contributed by atoms with E-state index >= 15 is 0 Å². The summed E-state index contributed by atoms with van der Waals surface area (Å²) in [4.78, 5) is 26.2. The lowest BCUT2D eigenvalue weighted by molar-refractivity contribution is -0.130. The van der Waals surface area contributed by atoms with Crippen LogP contribution in [0.3, 0.4) is 0 Å². The molecule has 0 radical (unpaired) electrons. The van der Waals surface area contributed by atoms with Gasteiger partial charge in [0.2, 0.25) is 5.78 Å². The largest absolute Gasteiger partial charge is 0.297 e. The SMILES string of the molecule is O=C1C=CN=C(N2CCCS2)C1=O. The highest BCUT2D eigenvalue weighted by atomic mass is 32.2. The number of carbonyl (C=O) groups is 2. The van der Waals surface area contributed by atoms with Gasteiger partial charge in [0.15, 0.2) is 5.84 Å². The van der Waals surface area contributed by atoms with Gasteiger partial charge in [0.05, 0.1) is 0 Å². The van der Waals surface area contributed by atoms with E-state index in [0.29, 0.717) is 0 Å². The Hall–Kier alpha value is -1.10. The fourth-order valence-corrected chi connectivity index (χ4v) is 2.20. The standard InChI is InChI=1S/C8H8N2O2S/c11-6-2-3-9-8(7(6)12)10-4-1-5-13-10/h2-3H,1,4-5H2. The first kappa shape index (κ1) is 8.50. The molecule has 1 saturated heterocycles. The lowest BCUT2D eigenvalue weighted by atomic mass is 10.2. The van der Waals surface area contributed by atoms with Crippen LogP contribution in [-0.4, -0.2) is 34.0 Å². The Labute approximate surface area is 79.8 Å². The summed E-state index contributed by atoms with van der Waals surface area (Å²) in [5.41, 5.74) is 0. The highest BCUT2D eigenvalue weighted by molar-refractivity contribution is 7.97. The average molecular weight is 196 g/mol. The summed E-state index contributed by atoms with van der Waals surface area (Å²) in [6.45, 7) is 0.802. The van der Waals surface area contributed by atoms with Crippen molar-refractivity contribution in [2.45, 2.75) is 6.42 Å². The molecule has 2 aliphatic rings. The van der Waals surface area contributed by atoms with E-state index < -0.39 is 11.6 Å². The molecule has 0 amide bonds. The average Bonchev–Trinajstić information content (AvgIpc) is 2.62. The molecule has 0 aliphatic carbocycles. The molecule has 0 aromatic rings. The molecular weight excluding hydrogens is 188 g/mol. The van der Waals surface area contributed by atoms with Crippen molar-refractivity contribution in [1.82, 2.24) is 4.31 Å². The zero-order valence-electron chi connectivity index (χ0n) is 6.90. The maximum Gasteiger partial charge on any atom is 0.268 e. The van der Waals surface area contributed by atoms with Crippen molar-refractivity contribution in [3.05, 3.63) is 12.3 Å². The van der Waals surface area contributed by atoms with Crippen molar-refractivity contribution in [2.24, 2.45) is 4.99 Å². The van der Waals surface area contributed by atoms with Crippen molar-refractivity contribution < 1.29 is 9.59 Å². The van der Waals surface area contributed by atoms with Gasteiger partial charge in [-0.05, 0) is 18.4 Å². The van der Waals surface area contributed by atoms with Crippen LogP contribution in [-0.2, 0) is 9.59 Å². The summed E-state index contributed by atoms with van der Waals surface area (Å²) in [6, 6.07) is 0. The lowest BCUT2D eigenvalue weighted by Gasteiger charge is -2.16. The van der Waals surface area contributed by atoms with Crippen LogP contribution in [0.15, 0.2) is 17.3 Å². The van der Waals surface area contributed by atoms with Gasteiger partial charge in [-0.15, -0.1) is 0 Å². The van der Waals surface area contributed by atoms with Gasteiger partial charge < -0.3 is 0 Å². The molecular formula is C8H8N2O2S. The number of carbonyl (C=O) groups excluding carboxylic acids is 2. The molecule has 1 fully saturated rings. The first-order chi connectivity index (χ1) is 6.29. The predicted octanol–water partition coefficient (Wildman–Crippen LogP) is 0.404. The van der Waals surface area contributed by atoms with E-state index in [1.165, 1.54) is 12.3 Å². The Morgan fingerprint density at radius 3 is 3.00 bits per heavy atom. The van der Waals surface area contributed by atoms with E-state index in [2.05, 4.69) is 4.99 Å². The Morgan fingerprint density at radius 2 is 2.31 bits per heavy atom.